The summed E-state index contributed by atoms with van der Waals surface area (Å²) in [7, 11) is 0. The lowest BCUT2D eigenvalue weighted by Gasteiger charge is -2.14. The molecule has 0 saturated heterocycles. The SMILES string of the molecule is NC(=O)CCCCC1CCc2ccc3c(c21)CCO3. The van der Waals surface area contributed by atoms with E-state index in [1.165, 1.54) is 30.4 Å². The number of rotatable bonds is 5. The fourth-order valence-electron chi connectivity index (χ4n) is 3.53. The molecule has 1 aromatic rings. The van der Waals surface area contributed by atoms with Gasteiger partial charge in [0, 0.05) is 18.4 Å². The van der Waals surface area contributed by atoms with Crippen LogP contribution < -0.4 is 10.5 Å². The van der Waals surface area contributed by atoms with E-state index in [4.69, 9.17) is 10.5 Å². The first-order chi connectivity index (χ1) is 9.25. The highest BCUT2D eigenvalue weighted by molar-refractivity contribution is 5.73. The van der Waals surface area contributed by atoms with E-state index in [1.54, 1.807) is 5.56 Å². The average molecular weight is 259 g/mol. The molecule has 1 atom stereocenters. The zero-order valence-corrected chi connectivity index (χ0v) is 11.3. The topological polar surface area (TPSA) is 52.3 Å². The second-order valence-corrected chi connectivity index (χ2v) is 5.66. The summed E-state index contributed by atoms with van der Waals surface area (Å²) in [5.41, 5.74) is 9.72. The molecule has 102 valence electrons. The number of carbonyl (C=O) groups excluding carboxylic acids is 1. The molecular weight excluding hydrogens is 238 g/mol. The summed E-state index contributed by atoms with van der Waals surface area (Å²) in [6.45, 7) is 0.834. The zero-order valence-electron chi connectivity index (χ0n) is 11.3. The van der Waals surface area contributed by atoms with Crippen molar-refractivity contribution < 1.29 is 9.53 Å². The number of fused-ring (bicyclic) bond motifs is 3. The number of benzene rings is 1. The van der Waals surface area contributed by atoms with Crippen LogP contribution in [0, 0.1) is 0 Å². The lowest BCUT2D eigenvalue weighted by Crippen LogP contribution is -2.09. The molecule has 2 N–H and O–H groups in total. The van der Waals surface area contributed by atoms with Gasteiger partial charge in [0.05, 0.1) is 6.61 Å². The van der Waals surface area contributed by atoms with E-state index in [2.05, 4.69) is 12.1 Å². The first-order valence-electron chi connectivity index (χ1n) is 7.31. The quantitative estimate of drug-likeness (QED) is 0.827. The van der Waals surface area contributed by atoms with Gasteiger partial charge in [-0.2, -0.15) is 0 Å². The molecule has 1 heterocycles. The lowest BCUT2D eigenvalue weighted by atomic mass is 9.90. The number of primary amides is 1. The molecule has 0 fully saturated rings. The molecule has 3 rings (SSSR count). The molecule has 0 aromatic heterocycles. The molecule has 1 amide bonds. The van der Waals surface area contributed by atoms with Gasteiger partial charge in [0.15, 0.2) is 0 Å². The minimum Gasteiger partial charge on any atom is -0.493 e. The number of hydrogen-bond acceptors (Lipinski definition) is 2. The van der Waals surface area contributed by atoms with E-state index < -0.39 is 0 Å². The maximum absolute atomic E-state index is 10.8. The molecule has 0 spiro atoms. The summed E-state index contributed by atoms with van der Waals surface area (Å²) in [4.78, 5) is 10.8. The highest BCUT2D eigenvalue weighted by atomic mass is 16.5. The molecular formula is C16H21NO2. The zero-order chi connectivity index (χ0) is 13.2. The van der Waals surface area contributed by atoms with Crippen molar-refractivity contribution >= 4 is 5.91 Å². The summed E-state index contributed by atoms with van der Waals surface area (Å²) in [6, 6.07) is 4.37. The van der Waals surface area contributed by atoms with Crippen LogP contribution in [0.2, 0.25) is 0 Å². The molecule has 1 unspecified atom stereocenters. The number of unbranched alkanes of at least 4 members (excludes halogenated alkanes) is 1. The van der Waals surface area contributed by atoms with E-state index in [-0.39, 0.29) is 5.91 Å². The minimum atomic E-state index is -0.180. The number of aryl methyl sites for hydroxylation is 1. The van der Waals surface area contributed by atoms with Crippen LogP contribution in [0.1, 0.15) is 54.7 Å². The van der Waals surface area contributed by atoms with Crippen LogP contribution in [-0.2, 0) is 17.6 Å². The van der Waals surface area contributed by atoms with Gasteiger partial charge in [-0.1, -0.05) is 12.5 Å². The smallest absolute Gasteiger partial charge is 0.217 e. The van der Waals surface area contributed by atoms with Gasteiger partial charge >= 0.3 is 0 Å². The molecule has 1 aromatic carbocycles. The summed E-state index contributed by atoms with van der Waals surface area (Å²) in [6.07, 6.45) is 7.23. The molecule has 0 saturated carbocycles. The Bertz CT molecular complexity index is 496. The lowest BCUT2D eigenvalue weighted by molar-refractivity contribution is -0.118. The Morgan fingerprint density at radius 3 is 3.05 bits per heavy atom. The molecule has 1 aliphatic carbocycles. The summed E-state index contributed by atoms with van der Waals surface area (Å²) in [5, 5.41) is 0. The third-order valence-corrected chi connectivity index (χ3v) is 4.41. The highest BCUT2D eigenvalue weighted by Gasteiger charge is 2.28. The van der Waals surface area contributed by atoms with Crippen LogP contribution in [0.15, 0.2) is 12.1 Å². The van der Waals surface area contributed by atoms with Gasteiger partial charge in [0.2, 0.25) is 5.91 Å². The maximum Gasteiger partial charge on any atom is 0.217 e. The van der Waals surface area contributed by atoms with Crippen molar-refractivity contribution in [2.24, 2.45) is 5.73 Å². The van der Waals surface area contributed by atoms with Crippen molar-refractivity contribution in [3.8, 4) is 5.75 Å². The standard InChI is InChI=1S/C16H21NO2/c17-15(18)4-2-1-3-11-5-6-12-7-8-14-13(16(11)12)9-10-19-14/h7-8,11H,1-6,9-10H2,(H2,17,18). The number of ether oxygens (including phenoxy) is 1. The predicted octanol–water partition coefficient (Wildman–Crippen LogP) is 2.70. The molecule has 2 aliphatic rings. The average Bonchev–Trinajstić information content (AvgIpc) is 3.00. The molecule has 0 bridgehead atoms. The maximum atomic E-state index is 10.8. The fraction of sp³-hybridized carbons (Fsp3) is 0.562. The first kappa shape index (κ1) is 12.5. The van der Waals surface area contributed by atoms with Gasteiger partial charge in [-0.25, -0.2) is 0 Å². The van der Waals surface area contributed by atoms with E-state index in [9.17, 15) is 4.79 Å². The Morgan fingerprint density at radius 2 is 2.21 bits per heavy atom. The molecule has 0 radical (unpaired) electrons. The van der Waals surface area contributed by atoms with Gasteiger partial charge in [-0.05, 0) is 48.8 Å². The van der Waals surface area contributed by atoms with E-state index in [0.717, 1.165) is 31.6 Å². The molecule has 3 nitrogen and oxygen atoms in total. The second kappa shape index (κ2) is 5.24. The number of carbonyl (C=O) groups is 1. The van der Waals surface area contributed by atoms with Crippen LogP contribution in [0.5, 0.6) is 5.75 Å². The third-order valence-electron chi connectivity index (χ3n) is 4.41. The van der Waals surface area contributed by atoms with E-state index in [1.807, 2.05) is 0 Å². The van der Waals surface area contributed by atoms with E-state index >= 15 is 0 Å². The van der Waals surface area contributed by atoms with Crippen LogP contribution in [0.4, 0.5) is 0 Å². The molecule has 19 heavy (non-hydrogen) atoms. The van der Waals surface area contributed by atoms with Crippen LogP contribution in [0.3, 0.4) is 0 Å². The van der Waals surface area contributed by atoms with Crippen molar-refractivity contribution in [2.75, 3.05) is 6.61 Å². The Balaban J connectivity index is 1.68. The first-order valence-corrected chi connectivity index (χ1v) is 7.31. The van der Waals surface area contributed by atoms with Crippen LogP contribution in [-0.4, -0.2) is 12.5 Å². The molecule has 1 aliphatic heterocycles. The Kier molecular flexibility index (Phi) is 3.45. The Hall–Kier alpha value is -1.51. The number of nitrogens with two attached hydrogens (primary N) is 1. The monoisotopic (exact) mass is 259 g/mol. The van der Waals surface area contributed by atoms with Gasteiger partial charge in [-0.15, -0.1) is 0 Å². The Morgan fingerprint density at radius 1 is 1.32 bits per heavy atom. The van der Waals surface area contributed by atoms with Crippen molar-refractivity contribution in [2.45, 2.75) is 50.9 Å². The van der Waals surface area contributed by atoms with Gasteiger partial charge in [0.1, 0.15) is 5.75 Å². The van der Waals surface area contributed by atoms with Crippen molar-refractivity contribution in [1.82, 2.24) is 0 Å². The second-order valence-electron chi connectivity index (χ2n) is 5.66. The minimum absolute atomic E-state index is 0.180. The Labute approximate surface area is 114 Å². The van der Waals surface area contributed by atoms with Gasteiger partial charge in [-0.3, -0.25) is 4.79 Å². The summed E-state index contributed by atoms with van der Waals surface area (Å²) in [5.74, 6) is 1.59. The van der Waals surface area contributed by atoms with Crippen LogP contribution >= 0.6 is 0 Å². The van der Waals surface area contributed by atoms with Crippen molar-refractivity contribution in [3.05, 3.63) is 28.8 Å². The van der Waals surface area contributed by atoms with Crippen molar-refractivity contribution in [3.63, 3.8) is 0 Å². The normalized spacial score (nSPS) is 19.9. The van der Waals surface area contributed by atoms with Crippen molar-refractivity contribution in [1.29, 1.82) is 0 Å². The highest BCUT2D eigenvalue weighted by Crippen LogP contribution is 2.43. The molecule has 3 heteroatoms. The van der Waals surface area contributed by atoms with E-state index in [0.29, 0.717) is 12.3 Å². The largest absolute Gasteiger partial charge is 0.493 e. The third kappa shape index (κ3) is 2.46. The fourth-order valence-corrected chi connectivity index (χ4v) is 3.53. The number of amides is 1. The van der Waals surface area contributed by atoms with Gasteiger partial charge in [0.25, 0.3) is 0 Å². The van der Waals surface area contributed by atoms with Crippen LogP contribution in [0.25, 0.3) is 0 Å². The van der Waals surface area contributed by atoms with Gasteiger partial charge < -0.3 is 10.5 Å². The summed E-state index contributed by atoms with van der Waals surface area (Å²) >= 11 is 0. The summed E-state index contributed by atoms with van der Waals surface area (Å²) < 4.78 is 5.67. The predicted molar refractivity (Wildman–Crippen MR) is 74.4 cm³/mol. The number of hydrogen-bond donors (Lipinski definition) is 1.